The van der Waals surface area contributed by atoms with Crippen molar-refractivity contribution in [3.8, 4) is 0 Å². The molecule has 0 aliphatic carbocycles. The summed E-state index contributed by atoms with van der Waals surface area (Å²) in [7, 11) is 0. The molecule has 0 aromatic heterocycles. The number of carbonyl (C=O) groups is 1. The van der Waals surface area contributed by atoms with Crippen molar-refractivity contribution in [3.05, 3.63) is 34.3 Å². The summed E-state index contributed by atoms with van der Waals surface area (Å²) in [5, 5.41) is 4.26. The van der Waals surface area contributed by atoms with Crippen molar-refractivity contribution in [2.24, 2.45) is 5.10 Å². The number of hydrogen-bond donors (Lipinski definition) is 1. The fraction of sp³-hybridized carbons (Fsp3) is 0.467. The van der Waals surface area contributed by atoms with Crippen molar-refractivity contribution in [2.75, 3.05) is 19.6 Å². The average Bonchev–Trinajstić information content (AvgIpc) is 2.46. The van der Waals surface area contributed by atoms with E-state index >= 15 is 0 Å². The van der Waals surface area contributed by atoms with Gasteiger partial charge in [-0.05, 0) is 31.2 Å². The van der Waals surface area contributed by atoms with Gasteiger partial charge in [-0.3, -0.25) is 4.79 Å². The van der Waals surface area contributed by atoms with E-state index in [2.05, 4.69) is 38.3 Å². The Hall–Kier alpha value is -1.20. The number of carbonyl (C=O) groups excluding carboxylic acids is 1. The van der Waals surface area contributed by atoms with Crippen LogP contribution in [0.1, 0.15) is 36.5 Å². The van der Waals surface area contributed by atoms with Gasteiger partial charge in [0.1, 0.15) is 0 Å². The van der Waals surface area contributed by atoms with Gasteiger partial charge in [0.05, 0.1) is 0 Å². The van der Waals surface area contributed by atoms with Crippen LogP contribution in [0.5, 0.6) is 0 Å². The molecule has 108 valence electrons. The molecule has 1 fully saturated rings. The van der Waals surface area contributed by atoms with Crippen LogP contribution < -0.4 is 5.43 Å². The fourth-order valence-corrected chi connectivity index (χ4v) is 2.69. The van der Waals surface area contributed by atoms with Crippen molar-refractivity contribution in [2.45, 2.75) is 26.2 Å². The van der Waals surface area contributed by atoms with Gasteiger partial charge >= 0.3 is 0 Å². The Morgan fingerprint density at radius 2 is 2.15 bits per heavy atom. The molecule has 0 spiro atoms. The molecule has 0 saturated carbocycles. The number of benzene rings is 1. The zero-order valence-corrected chi connectivity index (χ0v) is 13.3. The Morgan fingerprint density at radius 1 is 1.40 bits per heavy atom. The van der Waals surface area contributed by atoms with E-state index < -0.39 is 0 Å². The van der Waals surface area contributed by atoms with Gasteiger partial charge in [-0.1, -0.05) is 28.9 Å². The van der Waals surface area contributed by atoms with Gasteiger partial charge in [-0.25, -0.2) is 5.43 Å². The summed E-state index contributed by atoms with van der Waals surface area (Å²) >= 11 is 3.36. The second-order valence-electron chi connectivity index (χ2n) is 4.97. The summed E-state index contributed by atoms with van der Waals surface area (Å²) in [5.41, 5.74) is 4.35. The fourth-order valence-electron chi connectivity index (χ4n) is 2.29. The minimum atomic E-state index is -0.158. The lowest BCUT2D eigenvalue weighted by Gasteiger charge is -2.26. The van der Waals surface area contributed by atoms with E-state index in [0.29, 0.717) is 5.56 Å². The third-order valence-corrected chi connectivity index (χ3v) is 3.87. The first-order chi connectivity index (χ1) is 9.69. The number of hydrazone groups is 1. The van der Waals surface area contributed by atoms with Crippen LogP contribution in [0.3, 0.4) is 0 Å². The molecule has 1 heterocycles. The third-order valence-electron chi connectivity index (χ3n) is 3.38. The van der Waals surface area contributed by atoms with E-state index in [-0.39, 0.29) is 5.91 Å². The van der Waals surface area contributed by atoms with Crippen LogP contribution in [-0.4, -0.2) is 36.2 Å². The molecule has 5 heteroatoms. The summed E-state index contributed by atoms with van der Waals surface area (Å²) in [6.45, 7) is 5.43. The topological polar surface area (TPSA) is 44.7 Å². The quantitative estimate of drug-likeness (QED) is 0.858. The molecule has 1 aromatic rings. The predicted octanol–water partition coefficient (Wildman–Crippen LogP) is 3.04. The molecule has 1 aliphatic rings. The Morgan fingerprint density at radius 3 is 2.80 bits per heavy atom. The standard InChI is InChI=1S/C15H20BrN3O/c1-2-8-19-9-6-14(7-10-19)17-18-15(20)12-4-3-5-13(16)11-12/h3-5,11H,2,6-10H2,1H3,(H,18,20). The normalized spacial score (nSPS) is 16.0. The monoisotopic (exact) mass is 337 g/mol. The maximum atomic E-state index is 12.0. The largest absolute Gasteiger partial charge is 0.303 e. The third kappa shape index (κ3) is 4.42. The van der Waals surface area contributed by atoms with E-state index in [9.17, 15) is 4.79 Å². The van der Waals surface area contributed by atoms with Gasteiger partial charge in [-0.15, -0.1) is 0 Å². The molecule has 0 atom stereocenters. The molecule has 0 bridgehead atoms. The van der Waals surface area contributed by atoms with Gasteiger partial charge in [0.25, 0.3) is 5.91 Å². The Kier molecular flexibility index (Phi) is 5.73. The number of likely N-dealkylation sites (tertiary alicyclic amines) is 1. The molecular weight excluding hydrogens is 318 g/mol. The maximum absolute atomic E-state index is 12.0. The number of nitrogens with one attached hydrogen (secondary N) is 1. The average molecular weight is 338 g/mol. The van der Waals surface area contributed by atoms with E-state index in [1.165, 1.54) is 6.42 Å². The Balaban J connectivity index is 1.86. The van der Waals surface area contributed by atoms with E-state index in [0.717, 1.165) is 42.7 Å². The van der Waals surface area contributed by atoms with Crippen LogP contribution in [0.25, 0.3) is 0 Å². The Labute approximate surface area is 128 Å². The minimum Gasteiger partial charge on any atom is -0.303 e. The van der Waals surface area contributed by atoms with Crippen molar-refractivity contribution in [1.29, 1.82) is 0 Å². The van der Waals surface area contributed by atoms with Crippen molar-refractivity contribution in [3.63, 3.8) is 0 Å². The molecule has 1 aliphatic heterocycles. The smallest absolute Gasteiger partial charge is 0.271 e. The summed E-state index contributed by atoms with van der Waals surface area (Å²) in [6.07, 6.45) is 3.07. The molecule has 1 saturated heterocycles. The number of halogens is 1. The van der Waals surface area contributed by atoms with Crippen LogP contribution in [0.4, 0.5) is 0 Å². The molecule has 1 aromatic carbocycles. The molecule has 20 heavy (non-hydrogen) atoms. The first kappa shape index (κ1) is 15.2. The second kappa shape index (κ2) is 7.55. The number of hydrogen-bond acceptors (Lipinski definition) is 3. The lowest BCUT2D eigenvalue weighted by Crippen LogP contribution is -2.35. The van der Waals surface area contributed by atoms with Gasteiger partial charge < -0.3 is 4.90 Å². The molecule has 2 rings (SSSR count). The number of amides is 1. The molecule has 1 amide bonds. The van der Waals surface area contributed by atoms with Crippen molar-refractivity contribution < 1.29 is 4.79 Å². The molecular formula is C15H20BrN3O. The highest BCUT2D eigenvalue weighted by molar-refractivity contribution is 9.10. The summed E-state index contributed by atoms with van der Waals surface area (Å²) in [5.74, 6) is -0.158. The highest BCUT2D eigenvalue weighted by Gasteiger charge is 2.14. The summed E-state index contributed by atoms with van der Waals surface area (Å²) < 4.78 is 0.894. The zero-order chi connectivity index (χ0) is 14.4. The van der Waals surface area contributed by atoms with E-state index in [1.807, 2.05) is 12.1 Å². The van der Waals surface area contributed by atoms with Crippen molar-refractivity contribution in [1.82, 2.24) is 10.3 Å². The molecule has 4 nitrogen and oxygen atoms in total. The highest BCUT2D eigenvalue weighted by Crippen LogP contribution is 2.12. The maximum Gasteiger partial charge on any atom is 0.271 e. The first-order valence-electron chi connectivity index (χ1n) is 7.02. The van der Waals surface area contributed by atoms with Crippen molar-refractivity contribution >= 4 is 27.5 Å². The van der Waals surface area contributed by atoms with Gasteiger partial charge in [0.15, 0.2) is 0 Å². The minimum absolute atomic E-state index is 0.158. The Bertz CT molecular complexity index is 492. The van der Waals surface area contributed by atoms with Crippen LogP contribution in [0.15, 0.2) is 33.8 Å². The zero-order valence-electron chi connectivity index (χ0n) is 11.7. The molecule has 0 unspecified atom stereocenters. The van der Waals surface area contributed by atoms with Gasteiger partial charge in [-0.2, -0.15) is 5.10 Å². The number of rotatable bonds is 4. The van der Waals surface area contributed by atoms with Crippen LogP contribution in [-0.2, 0) is 0 Å². The van der Waals surface area contributed by atoms with Gasteiger partial charge in [0.2, 0.25) is 0 Å². The highest BCUT2D eigenvalue weighted by atomic mass is 79.9. The molecule has 1 N–H and O–H groups in total. The second-order valence-corrected chi connectivity index (χ2v) is 5.89. The van der Waals surface area contributed by atoms with Crippen LogP contribution >= 0.6 is 15.9 Å². The number of nitrogens with zero attached hydrogens (tertiary/aromatic N) is 2. The predicted molar refractivity (Wildman–Crippen MR) is 85.0 cm³/mol. The lowest BCUT2D eigenvalue weighted by molar-refractivity contribution is 0.0954. The van der Waals surface area contributed by atoms with E-state index in [1.54, 1.807) is 12.1 Å². The van der Waals surface area contributed by atoms with Crippen LogP contribution in [0.2, 0.25) is 0 Å². The lowest BCUT2D eigenvalue weighted by atomic mass is 10.1. The molecule has 0 radical (unpaired) electrons. The SMILES string of the molecule is CCCN1CCC(=NNC(=O)c2cccc(Br)c2)CC1. The number of piperidine rings is 1. The van der Waals surface area contributed by atoms with E-state index in [4.69, 9.17) is 0 Å². The summed E-state index contributed by atoms with van der Waals surface area (Å²) in [4.78, 5) is 14.4. The van der Waals surface area contributed by atoms with Crippen LogP contribution in [0, 0.1) is 0 Å². The summed E-state index contributed by atoms with van der Waals surface area (Å²) in [6, 6.07) is 7.31. The van der Waals surface area contributed by atoms with Gasteiger partial charge in [0, 0.05) is 41.7 Å². The first-order valence-corrected chi connectivity index (χ1v) is 7.82.